The first-order valence-electron chi connectivity index (χ1n) is 12.2. The minimum atomic E-state index is -0.482. The number of hydrogen-bond acceptors (Lipinski definition) is 5. The van der Waals surface area contributed by atoms with E-state index < -0.39 is 6.10 Å². The van der Waals surface area contributed by atoms with Gasteiger partial charge in [0.25, 0.3) is 0 Å². The van der Waals surface area contributed by atoms with Crippen LogP contribution < -0.4 is 0 Å². The molecular weight excluding hydrogens is 440 g/mol. The second kappa shape index (κ2) is 14.4. The summed E-state index contributed by atoms with van der Waals surface area (Å²) in [5.41, 5.74) is 2.05. The number of aliphatic hydroxyl groups excluding tert-OH is 1. The highest BCUT2D eigenvalue weighted by Gasteiger charge is 2.41. The van der Waals surface area contributed by atoms with Crippen LogP contribution in [0.5, 0.6) is 0 Å². The van der Waals surface area contributed by atoms with E-state index in [4.69, 9.17) is 16.3 Å². The molecule has 1 fully saturated rings. The average Bonchev–Trinajstić information content (AvgIpc) is 3.07. The zero-order valence-corrected chi connectivity index (χ0v) is 20.9. The highest BCUT2D eigenvalue weighted by atomic mass is 35.5. The molecule has 0 bridgehead atoms. The first-order valence-corrected chi connectivity index (χ1v) is 12.6. The maximum Gasteiger partial charge on any atom is 0.305 e. The molecule has 5 nitrogen and oxygen atoms in total. The number of carbonyl (C=O) groups excluding carboxylic acids is 2. The minimum absolute atomic E-state index is 0.0338. The lowest BCUT2D eigenvalue weighted by atomic mass is 9.84. The summed E-state index contributed by atoms with van der Waals surface area (Å²) in [5, 5.41) is 10.6. The largest absolute Gasteiger partial charge is 0.469 e. The third-order valence-electron chi connectivity index (χ3n) is 6.43. The van der Waals surface area contributed by atoms with Crippen LogP contribution in [-0.2, 0) is 19.1 Å². The molecule has 184 valence electrons. The number of hydrogen-bond donors (Lipinski definition) is 1. The van der Waals surface area contributed by atoms with Gasteiger partial charge in [-0.2, -0.15) is 0 Å². The van der Waals surface area contributed by atoms with E-state index in [-0.39, 0.29) is 35.3 Å². The molecule has 5 atom stereocenters. The number of benzene rings is 1. The Morgan fingerprint density at radius 1 is 1.18 bits per heavy atom. The lowest BCUT2D eigenvalue weighted by molar-refractivity contribution is -0.147. The number of ether oxygens (including phenoxy) is 2. The number of aliphatic hydroxyl groups is 1. The van der Waals surface area contributed by atoms with Crippen LogP contribution in [0.2, 0.25) is 0 Å². The fourth-order valence-electron chi connectivity index (χ4n) is 4.67. The molecule has 1 aromatic rings. The van der Waals surface area contributed by atoms with Crippen LogP contribution in [0.1, 0.15) is 94.8 Å². The monoisotopic (exact) mass is 478 g/mol. The van der Waals surface area contributed by atoms with Gasteiger partial charge < -0.3 is 14.6 Å². The van der Waals surface area contributed by atoms with Gasteiger partial charge in [-0.3, -0.25) is 9.59 Å². The summed E-state index contributed by atoms with van der Waals surface area (Å²) in [6, 6.07) is 8.12. The highest BCUT2D eigenvalue weighted by Crippen LogP contribution is 2.45. The van der Waals surface area contributed by atoms with Crippen LogP contribution in [0.25, 0.3) is 0 Å². The first-order chi connectivity index (χ1) is 15.9. The van der Waals surface area contributed by atoms with Crippen molar-refractivity contribution >= 4 is 23.5 Å². The van der Waals surface area contributed by atoms with E-state index >= 15 is 0 Å². The summed E-state index contributed by atoms with van der Waals surface area (Å²) in [7, 11) is 1.40. The fraction of sp³-hybridized carbons (Fsp3) is 0.630. The molecule has 2 unspecified atom stereocenters. The number of alkyl halides is 1. The van der Waals surface area contributed by atoms with Gasteiger partial charge in [0, 0.05) is 24.6 Å². The maximum absolute atomic E-state index is 11.6. The number of carbonyl (C=O) groups is 2. The maximum atomic E-state index is 11.6. The molecular formula is C27H39ClO5. The number of methoxy groups -OCH3 is 1. The van der Waals surface area contributed by atoms with Crippen molar-refractivity contribution in [2.75, 3.05) is 7.11 Å². The molecule has 1 aromatic carbocycles. The van der Waals surface area contributed by atoms with E-state index in [0.717, 1.165) is 56.1 Å². The van der Waals surface area contributed by atoms with Gasteiger partial charge in [-0.25, -0.2) is 0 Å². The highest BCUT2D eigenvalue weighted by molar-refractivity contribution is 6.21. The Hall–Kier alpha value is -1.85. The van der Waals surface area contributed by atoms with E-state index in [2.05, 4.69) is 23.8 Å². The molecule has 0 saturated heterocycles. The standard InChI is InChI=1S/C27H39ClO5/c1-4-5-8-12-25(33-19(2)29)20-14-16-21(17-15-20)27-22(23(28)18-24(27)30)11-9-6-7-10-13-26(31)32-3/h6,9,14-17,22-25,27,30H,4-5,7-8,10-13,18H2,1-3H3/b9-6-/t22-,23?,24+,25?,27+/m0/s1. The summed E-state index contributed by atoms with van der Waals surface area (Å²) < 4.78 is 10.2. The Bertz CT molecular complexity index is 760. The number of halogens is 1. The molecule has 1 N–H and O–H groups in total. The fourth-order valence-corrected chi connectivity index (χ4v) is 5.11. The van der Waals surface area contributed by atoms with Crippen LogP contribution in [0.4, 0.5) is 0 Å². The third-order valence-corrected chi connectivity index (χ3v) is 6.93. The molecule has 0 heterocycles. The molecule has 0 amide bonds. The molecule has 0 spiro atoms. The molecule has 0 aromatic heterocycles. The quantitative estimate of drug-likeness (QED) is 0.157. The molecule has 6 heteroatoms. The minimum Gasteiger partial charge on any atom is -0.469 e. The summed E-state index contributed by atoms with van der Waals surface area (Å²) in [6.45, 7) is 3.60. The van der Waals surface area contributed by atoms with Crippen molar-refractivity contribution in [1.29, 1.82) is 0 Å². The summed E-state index contributed by atoms with van der Waals surface area (Å²) in [5.74, 6) is -0.352. The normalized spacial score (nSPS) is 23.5. The van der Waals surface area contributed by atoms with Crippen LogP contribution in [0, 0.1) is 5.92 Å². The summed E-state index contributed by atoms with van der Waals surface area (Å²) >= 11 is 6.62. The number of esters is 2. The SMILES string of the molecule is CCCCCC(OC(C)=O)c1ccc([C@H]2[C@H](O)CC(Cl)[C@@H]2C/C=C\CCCC(=O)OC)cc1. The molecule has 0 radical (unpaired) electrons. The van der Waals surface area contributed by atoms with Gasteiger partial charge >= 0.3 is 11.9 Å². The van der Waals surface area contributed by atoms with Crippen LogP contribution in [0.3, 0.4) is 0 Å². The summed E-state index contributed by atoms with van der Waals surface area (Å²) in [6.07, 6.45) is 10.9. The Morgan fingerprint density at radius 3 is 2.55 bits per heavy atom. The van der Waals surface area contributed by atoms with Gasteiger partial charge in [-0.05, 0) is 55.6 Å². The van der Waals surface area contributed by atoms with Crippen molar-refractivity contribution in [2.24, 2.45) is 5.92 Å². The Balaban J connectivity index is 2.03. The van der Waals surface area contributed by atoms with E-state index in [1.807, 2.05) is 24.3 Å². The lowest BCUT2D eigenvalue weighted by Crippen LogP contribution is -2.18. The van der Waals surface area contributed by atoms with Gasteiger partial charge in [-0.15, -0.1) is 11.6 Å². The average molecular weight is 479 g/mol. The molecule has 1 aliphatic rings. The van der Waals surface area contributed by atoms with Gasteiger partial charge in [0.1, 0.15) is 6.10 Å². The van der Waals surface area contributed by atoms with E-state index in [1.54, 1.807) is 0 Å². The zero-order valence-electron chi connectivity index (χ0n) is 20.2. The van der Waals surface area contributed by atoms with E-state index in [1.165, 1.54) is 14.0 Å². The Morgan fingerprint density at radius 2 is 1.91 bits per heavy atom. The Labute approximate surface area is 203 Å². The molecule has 1 aliphatic carbocycles. The Kier molecular flexibility index (Phi) is 12.0. The topological polar surface area (TPSA) is 72.8 Å². The van der Waals surface area contributed by atoms with Crippen molar-refractivity contribution < 1.29 is 24.2 Å². The third kappa shape index (κ3) is 8.78. The van der Waals surface area contributed by atoms with Gasteiger partial charge in [-0.1, -0.05) is 56.2 Å². The van der Waals surface area contributed by atoms with Crippen LogP contribution in [0.15, 0.2) is 36.4 Å². The second-order valence-corrected chi connectivity index (χ2v) is 9.51. The van der Waals surface area contributed by atoms with Gasteiger partial charge in [0.15, 0.2) is 0 Å². The first kappa shape index (κ1) is 27.4. The van der Waals surface area contributed by atoms with E-state index in [0.29, 0.717) is 12.8 Å². The zero-order chi connectivity index (χ0) is 24.2. The lowest BCUT2D eigenvalue weighted by Gasteiger charge is -2.24. The second-order valence-electron chi connectivity index (χ2n) is 8.94. The van der Waals surface area contributed by atoms with Crippen molar-refractivity contribution in [3.63, 3.8) is 0 Å². The predicted octanol–water partition coefficient (Wildman–Crippen LogP) is 6.23. The smallest absolute Gasteiger partial charge is 0.305 e. The van der Waals surface area contributed by atoms with Crippen molar-refractivity contribution in [3.8, 4) is 0 Å². The van der Waals surface area contributed by atoms with Crippen molar-refractivity contribution in [3.05, 3.63) is 47.5 Å². The number of allylic oxidation sites excluding steroid dienone is 2. The van der Waals surface area contributed by atoms with Crippen molar-refractivity contribution in [1.82, 2.24) is 0 Å². The van der Waals surface area contributed by atoms with Crippen LogP contribution >= 0.6 is 11.6 Å². The van der Waals surface area contributed by atoms with Gasteiger partial charge in [0.05, 0.1) is 13.2 Å². The van der Waals surface area contributed by atoms with Crippen molar-refractivity contribution in [2.45, 2.75) is 95.1 Å². The molecule has 0 aliphatic heterocycles. The predicted molar refractivity (Wildman–Crippen MR) is 131 cm³/mol. The molecule has 33 heavy (non-hydrogen) atoms. The van der Waals surface area contributed by atoms with E-state index in [9.17, 15) is 14.7 Å². The van der Waals surface area contributed by atoms with Gasteiger partial charge in [0.2, 0.25) is 0 Å². The number of rotatable bonds is 13. The number of unbranched alkanes of at least 4 members (excludes halogenated alkanes) is 3. The van der Waals surface area contributed by atoms with Crippen LogP contribution in [-0.4, -0.2) is 35.6 Å². The summed E-state index contributed by atoms with van der Waals surface area (Å²) in [4.78, 5) is 22.8. The molecule has 2 rings (SSSR count). The molecule has 1 saturated carbocycles.